The smallest absolute Gasteiger partial charge is 0.277 e. The van der Waals surface area contributed by atoms with Gasteiger partial charge in [-0.15, -0.1) is 5.10 Å². The van der Waals surface area contributed by atoms with E-state index in [-0.39, 0.29) is 5.91 Å². The first-order chi connectivity index (χ1) is 5.79. The van der Waals surface area contributed by atoms with Gasteiger partial charge in [-0.3, -0.25) is 4.79 Å². The summed E-state index contributed by atoms with van der Waals surface area (Å²) in [5, 5.41) is 4.08. The molecule has 1 fully saturated rings. The highest BCUT2D eigenvalue weighted by Crippen LogP contribution is 2.17. The third-order valence-electron chi connectivity index (χ3n) is 1.86. The van der Waals surface area contributed by atoms with Gasteiger partial charge in [0, 0.05) is 24.6 Å². The van der Waals surface area contributed by atoms with Crippen LogP contribution in [0.25, 0.3) is 0 Å². The number of amides is 1. The second kappa shape index (κ2) is 2.71. The molecule has 1 aliphatic rings. The number of nitrogens with zero attached hydrogens (tertiary/aromatic N) is 3. The Balaban J connectivity index is 2.19. The van der Waals surface area contributed by atoms with E-state index in [1.165, 1.54) is 0 Å². The normalized spacial score (nSPS) is 15.8. The van der Waals surface area contributed by atoms with Crippen LogP contribution in [0.3, 0.4) is 0 Å². The van der Waals surface area contributed by atoms with Gasteiger partial charge in [-0.1, -0.05) is 4.49 Å². The lowest BCUT2D eigenvalue weighted by molar-refractivity contribution is 0.0647. The van der Waals surface area contributed by atoms with Crippen molar-refractivity contribution < 1.29 is 4.79 Å². The van der Waals surface area contributed by atoms with Crippen molar-refractivity contribution in [2.45, 2.75) is 6.42 Å². The van der Waals surface area contributed by atoms with Gasteiger partial charge in [-0.25, -0.2) is 0 Å². The molecule has 2 heterocycles. The molecule has 0 aromatic carbocycles. The summed E-state index contributed by atoms with van der Waals surface area (Å²) in [6, 6.07) is 0. The molecule has 1 aromatic rings. The van der Waals surface area contributed by atoms with Crippen molar-refractivity contribution in [2.24, 2.45) is 0 Å². The minimum atomic E-state index is -0.0903. The molecule has 64 valence electrons. The van der Waals surface area contributed by atoms with E-state index in [0.29, 0.717) is 10.7 Å². The molecule has 1 saturated heterocycles. The lowest BCUT2D eigenvalue weighted by Crippen LogP contribution is -2.42. The topological polar surface area (TPSA) is 72.1 Å². The van der Waals surface area contributed by atoms with Gasteiger partial charge in [0.05, 0.1) is 0 Å². The number of rotatable bonds is 1. The number of nitrogen functional groups attached to an aromatic ring is 1. The van der Waals surface area contributed by atoms with Crippen molar-refractivity contribution in [3.8, 4) is 0 Å². The van der Waals surface area contributed by atoms with E-state index >= 15 is 0 Å². The fraction of sp³-hybridized carbons (Fsp3) is 0.500. The van der Waals surface area contributed by atoms with Gasteiger partial charge in [0.15, 0.2) is 5.69 Å². The minimum absolute atomic E-state index is 0.0903. The molecular formula is C6H8N4OS. The molecule has 0 aliphatic carbocycles. The van der Waals surface area contributed by atoms with E-state index in [1.54, 1.807) is 4.90 Å². The van der Waals surface area contributed by atoms with Crippen molar-refractivity contribution in [3.63, 3.8) is 0 Å². The van der Waals surface area contributed by atoms with E-state index < -0.39 is 0 Å². The molecule has 2 rings (SSSR count). The molecule has 0 unspecified atom stereocenters. The highest BCUT2D eigenvalue weighted by molar-refractivity contribution is 7.10. The summed E-state index contributed by atoms with van der Waals surface area (Å²) in [6.45, 7) is 1.63. The lowest BCUT2D eigenvalue weighted by atomic mass is 10.2. The molecule has 1 aromatic heterocycles. The summed E-state index contributed by atoms with van der Waals surface area (Å²) >= 11 is 1.05. The Labute approximate surface area is 73.3 Å². The molecule has 6 heteroatoms. The minimum Gasteiger partial charge on any atom is -0.387 e. The Bertz CT molecular complexity index is 306. The summed E-state index contributed by atoms with van der Waals surface area (Å²) in [5.74, 6) is -0.0903. The number of aromatic nitrogens is 2. The molecule has 1 amide bonds. The van der Waals surface area contributed by atoms with Crippen LogP contribution in [0, 0.1) is 0 Å². The zero-order valence-electron chi connectivity index (χ0n) is 6.36. The van der Waals surface area contributed by atoms with E-state index in [4.69, 9.17) is 5.73 Å². The Hall–Kier alpha value is -1.17. The Morgan fingerprint density at radius 3 is 2.75 bits per heavy atom. The fourth-order valence-electron chi connectivity index (χ4n) is 1.01. The zero-order chi connectivity index (χ0) is 8.55. The van der Waals surface area contributed by atoms with Crippen molar-refractivity contribution in [3.05, 3.63) is 5.69 Å². The Kier molecular flexibility index (Phi) is 1.69. The predicted molar refractivity (Wildman–Crippen MR) is 44.8 cm³/mol. The third kappa shape index (κ3) is 1.04. The van der Waals surface area contributed by atoms with Gasteiger partial charge < -0.3 is 10.6 Å². The standard InChI is InChI=1S/C6H8N4OS/c7-5-4(8-9-12-5)6(11)10-2-1-3-10/h1-3,7H2. The van der Waals surface area contributed by atoms with Gasteiger partial charge >= 0.3 is 0 Å². The molecular weight excluding hydrogens is 176 g/mol. The second-order valence-electron chi connectivity index (χ2n) is 2.63. The van der Waals surface area contributed by atoms with Gasteiger partial charge in [0.1, 0.15) is 5.00 Å². The van der Waals surface area contributed by atoms with Gasteiger partial charge in [0.2, 0.25) is 0 Å². The van der Waals surface area contributed by atoms with Crippen LogP contribution in [-0.4, -0.2) is 33.5 Å². The van der Waals surface area contributed by atoms with Crippen LogP contribution in [-0.2, 0) is 0 Å². The number of carbonyl (C=O) groups is 1. The zero-order valence-corrected chi connectivity index (χ0v) is 7.17. The average molecular weight is 184 g/mol. The van der Waals surface area contributed by atoms with Crippen LogP contribution in [0.2, 0.25) is 0 Å². The summed E-state index contributed by atoms with van der Waals surface area (Å²) in [6.07, 6.45) is 1.07. The van der Waals surface area contributed by atoms with Crippen molar-refractivity contribution in [1.29, 1.82) is 0 Å². The molecule has 2 N–H and O–H groups in total. The summed E-state index contributed by atoms with van der Waals surface area (Å²) in [4.78, 5) is 13.2. The molecule has 1 aliphatic heterocycles. The Morgan fingerprint density at radius 1 is 1.58 bits per heavy atom. The van der Waals surface area contributed by atoms with Crippen LogP contribution >= 0.6 is 11.5 Å². The summed E-state index contributed by atoms with van der Waals surface area (Å²) in [7, 11) is 0. The largest absolute Gasteiger partial charge is 0.387 e. The van der Waals surface area contributed by atoms with Crippen LogP contribution in [0.15, 0.2) is 0 Å². The number of hydrogen-bond donors (Lipinski definition) is 1. The van der Waals surface area contributed by atoms with E-state index in [2.05, 4.69) is 9.59 Å². The number of likely N-dealkylation sites (tertiary alicyclic amines) is 1. The molecule has 0 bridgehead atoms. The molecule has 12 heavy (non-hydrogen) atoms. The number of nitrogens with two attached hydrogens (primary N) is 1. The monoisotopic (exact) mass is 184 g/mol. The summed E-state index contributed by atoms with van der Waals surface area (Å²) in [5.41, 5.74) is 5.81. The molecule has 0 saturated carbocycles. The quantitative estimate of drug-likeness (QED) is 0.665. The van der Waals surface area contributed by atoms with Crippen molar-refractivity contribution in [2.75, 3.05) is 18.8 Å². The van der Waals surface area contributed by atoms with E-state index in [9.17, 15) is 4.79 Å². The van der Waals surface area contributed by atoms with Gasteiger partial charge in [-0.05, 0) is 6.42 Å². The number of carbonyl (C=O) groups excluding carboxylic acids is 1. The third-order valence-corrected chi connectivity index (χ3v) is 2.41. The number of hydrogen-bond acceptors (Lipinski definition) is 5. The second-order valence-corrected chi connectivity index (χ2v) is 3.42. The SMILES string of the molecule is Nc1snnc1C(=O)N1CCC1. The lowest BCUT2D eigenvalue weighted by Gasteiger charge is -2.29. The maximum atomic E-state index is 11.5. The Morgan fingerprint density at radius 2 is 2.33 bits per heavy atom. The maximum Gasteiger partial charge on any atom is 0.277 e. The molecule has 0 radical (unpaired) electrons. The van der Waals surface area contributed by atoms with Crippen LogP contribution in [0.4, 0.5) is 5.00 Å². The fourth-order valence-corrected chi connectivity index (χ4v) is 1.44. The van der Waals surface area contributed by atoms with Gasteiger partial charge in [-0.2, -0.15) is 0 Å². The van der Waals surface area contributed by atoms with Crippen LogP contribution in [0.1, 0.15) is 16.9 Å². The molecule has 0 atom stereocenters. The van der Waals surface area contributed by atoms with E-state index in [0.717, 1.165) is 31.0 Å². The van der Waals surface area contributed by atoms with Crippen LogP contribution in [0.5, 0.6) is 0 Å². The molecule has 5 nitrogen and oxygen atoms in total. The predicted octanol–water partition coefficient (Wildman–Crippen LogP) is -0.0338. The molecule has 0 spiro atoms. The maximum absolute atomic E-state index is 11.5. The van der Waals surface area contributed by atoms with E-state index in [1.807, 2.05) is 0 Å². The first-order valence-corrected chi connectivity index (χ1v) is 4.43. The van der Waals surface area contributed by atoms with Crippen molar-refractivity contribution in [1.82, 2.24) is 14.5 Å². The first-order valence-electron chi connectivity index (χ1n) is 3.66. The highest BCUT2D eigenvalue weighted by Gasteiger charge is 2.25. The average Bonchev–Trinajstić information content (AvgIpc) is 2.31. The number of anilines is 1. The highest BCUT2D eigenvalue weighted by atomic mass is 32.1. The van der Waals surface area contributed by atoms with Crippen molar-refractivity contribution >= 4 is 22.4 Å². The first kappa shape index (κ1) is 7.48. The van der Waals surface area contributed by atoms with Crippen LogP contribution < -0.4 is 5.73 Å². The van der Waals surface area contributed by atoms with Gasteiger partial charge in [0.25, 0.3) is 5.91 Å². The summed E-state index contributed by atoms with van der Waals surface area (Å²) < 4.78 is 3.60.